The number of hydrogen-bond acceptors (Lipinski definition) is 4. The Morgan fingerprint density at radius 3 is 2.27 bits per heavy atom. The number of anilines is 1. The van der Waals surface area contributed by atoms with Crippen molar-refractivity contribution < 1.29 is 0 Å². The van der Waals surface area contributed by atoms with Gasteiger partial charge in [0.05, 0.1) is 0 Å². The number of hydrogen-bond donors (Lipinski definition) is 1. The van der Waals surface area contributed by atoms with Gasteiger partial charge in [0, 0.05) is 23.7 Å². The van der Waals surface area contributed by atoms with Crippen molar-refractivity contribution in [2.45, 2.75) is 13.8 Å². The number of nitrogens with zero attached hydrogens (tertiary/aromatic N) is 2. The van der Waals surface area contributed by atoms with Gasteiger partial charge in [0.1, 0.15) is 5.69 Å². The van der Waals surface area contributed by atoms with Crippen LogP contribution < -0.4 is 5.32 Å². The maximum absolute atomic E-state index is 3.99. The molecular weight excluding hydrogens is 206 g/mol. The third-order valence-corrected chi connectivity index (χ3v) is 2.33. The summed E-state index contributed by atoms with van der Waals surface area (Å²) in [6.07, 6.45) is 0. The molecule has 0 bridgehead atoms. The predicted octanol–water partition coefficient (Wildman–Crippen LogP) is 3.27. The topological polar surface area (TPSA) is 37.8 Å². The van der Waals surface area contributed by atoms with E-state index >= 15 is 0 Å². The van der Waals surface area contributed by atoms with Gasteiger partial charge in [-0.05, 0) is 23.7 Å². The van der Waals surface area contributed by atoms with Crippen LogP contribution in [-0.2, 0) is 0 Å². The molecule has 80 valence electrons. The molecule has 0 radical (unpaired) electrons. The SMILES string of the molecule is CC.CNc1ccc(-c2csnn2)cc1. The lowest BCUT2D eigenvalue weighted by Crippen LogP contribution is -1.86. The van der Waals surface area contributed by atoms with Gasteiger partial charge < -0.3 is 5.32 Å². The van der Waals surface area contributed by atoms with Crippen LogP contribution in [0.1, 0.15) is 13.8 Å². The van der Waals surface area contributed by atoms with Gasteiger partial charge in [0.2, 0.25) is 0 Å². The molecule has 0 aliphatic rings. The lowest BCUT2D eigenvalue weighted by atomic mass is 10.1. The molecule has 1 aromatic heterocycles. The zero-order chi connectivity index (χ0) is 11.1. The minimum atomic E-state index is 0.938. The summed E-state index contributed by atoms with van der Waals surface area (Å²) < 4.78 is 3.82. The van der Waals surface area contributed by atoms with E-state index in [0.717, 1.165) is 16.9 Å². The molecule has 0 amide bonds. The molecule has 15 heavy (non-hydrogen) atoms. The van der Waals surface area contributed by atoms with Crippen LogP contribution in [0, 0.1) is 0 Å². The Hall–Kier alpha value is -1.42. The van der Waals surface area contributed by atoms with Crippen molar-refractivity contribution in [3.8, 4) is 11.3 Å². The fourth-order valence-electron chi connectivity index (χ4n) is 1.10. The Morgan fingerprint density at radius 1 is 1.13 bits per heavy atom. The molecule has 4 heteroatoms. The molecule has 0 aliphatic carbocycles. The molecule has 0 aliphatic heterocycles. The van der Waals surface area contributed by atoms with Crippen LogP contribution in [0.3, 0.4) is 0 Å². The molecule has 3 nitrogen and oxygen atoms in total. The van der Waals surface area contributed by atoms with Crippen molar-refractivity contribution in [1.29, 1.82) is 0 Å². The highest BCUT2D eigenvalue weighted by molar-refractivity contribution is 7.03. The van der Waals surface area contributed by atoms with Gasteiger partial charge in [-0.2, -0.15) is 0 Å². The molecule has 0 spiro atoms. The fraction of sp³-hybridized carbons (Fsp3) is 0.273. The van der Waals surface area contributed by atoms with E-state index in [-0.39, 0.29) is 0 Å². The minimum absolute atomic E-state index is 0.938. The van der Waals surface area contributed by atoms with Crippen LogP contribution >= 0.6 is 11.5 Å². The summed E-state index contributed by atoms with van der Waals surface area (Å²) in [7, 11) is 1.90. The van der Waals surface area contributed by atoms with E-state index in [9.17, 15) is 0 Å². The van der Waals surface area contributed by atoms with E-state index < -0.39 is 0 Å². The van der Waals surface area contributed by atoms with E-state index in [1.54, 1.807) is 0 Å². The second-order valence-electron chi connectivity index (χ2n) is 2.62. The molecule has 1 aromatic carbocycles. The first-order chi connectivity index (χ1) is 7.40. The van der Waals surface area contributed by atoms with Crippen molar-refractivity contribution in [3.05, 3.63) is 29.6 Å². The normalized spacial score (nSPS) is 9.00. The van der Waals surface area contributed by atoms with Gasteiger partial charge in [-0.15, -0.1) is 5.10 Å². The molecule has 0 fully saturated rings. The van der Waals surface area contributed by atoms with Crippen molar-refractivity contribution in [2.24, 2.45) is 0 Å². The molecule has 2 aromatic rings. The van der Waals surface area contributed by atoms with Crippen molar-refractivity contribution in [2.75, 3.05) is 12.4 Å². The summed E-state index contributed by atoms with van der Waals surface area (Å²) in [5.74, 6) is 0. The third kappa shape index (κ3) is 3.02. The Balaban J connectivity index is 0.000000531. The standard InChI is InChI=1S/C9H9N3S.C2H6/c1-10-8-4-2-7(3-5-8)9-6-13-12-11-9;1-2/h2-6,10H,1H3;1-2H3. The molecule has 0 unspecified atom stereocenters. The van der Waals surface area contributed by atoms with E-state index in [1.165, 1.54) is 11.5 Å². The summed E-state index contributed by atoms with van der Waals surface area (Å²) in [4.78, 5) is 0. The zero-order valence-electron chi connectivity index (χ0n) is 9.19. The highest BCUT2D eigenvalue weighted by atomic mass is 32.1. The largest absolute Gasteiger partial charge is 0.388 e. The molecule has 0 atom stereocenters. The van der Waals surface area contributed by atoms with Crippen LogP contribution in [0.25, 0.3) is 11.3 Å². The van der Waals surface area contributed by atoms with Crippen LogP contribution in [-0.4, -0.2) is 16.6 Å². The monoisotopic (exact) mass is 221 g/mol. The minimum Gasteiger partial charge on any atom is -0.388 e. The lowest BCUT2D eigenvalue weighted by Gasteiger charge is -1.99. The van der Waals surface area contributed by atoms with Gasteiger partial charge in [0.25, 0.3) is 0 Å². The first-order valence-electron chi connectivity index (χ1n) is 4.95. The predicted molar refractivity (Wildman–Crippen MR) is 66.2 cm³/mol. The van der Waals surface area contributed by atoms with E-state index in [0.29, 0.717) is 0 Å². The molecule has 2 rings (SSSR count). The van der Waals surface area contributed by atoms with Gasteiger partial charge in [0.15, 0.2) is 0 Å². The average molecular weight is 221 g/mol. The van der Waals surface area contributed by atoms with Crippen LogP contribution in [0.4, 0.5) is 5.69 Å². The van der Waals surface area contributed by atoms with E-state index in [1.807, 2.05) is 50.5 Å². The Morgan fingerprint density at radius 2 is 1.80 bits per heavy atom. The molecule has 0 saturated heterocycles. The molecule has 1 N–H and O–H groups in total. The van der Waals surface area contributed by atoms with Crippen LogP contribution in [0.5, 0.6) is 0 Å². The maximum atomic E-state index is 3.99. The van der Waals surface area contributed by atoms with Gasteiger partial charge in [-0.3, -0.25) is 0 Å². The third-order valence-electron chi connectivity index (χ3n) is 1.83. The first kappa shape index (κ1) is 11.7. The van der Waals surface area contributed by atoms with Crippen LogP contribution in [0.2, 0.25) is 0 Å². The first-order valence-corrected chi connectivity index (χ1v) is 5.79. The van der Waals surface area contributed by atoms with E-state index in [4.69, 9.17) is 0 Å². The Kier molecular flexibility index (Phi) is 4.77. The van der Waals surface area contributed by atoms with Gasteiger partial charge >= 0.3 is 0 Å². The summed E-state index contributed by atoms with van der Waals surface area (Å²) in [5, 5.41) is 8.99. The van der Waals surface area contributed by atoms with Gasteiger partial charge in [-0.25, -0.2) is 0 Å². The Bertz CT molecular complexity index is 367. The van der Waals surface area contributed by atoms with E-state index in [2.05, 4.69) is 14.9 Å². The molecular formula is C11H15N3S. The summed E-state index contributed by atoms with van der Waals surface area (Å²) in [6, 6.07) is 8.11. The smallest absolute Gasteiger partial charge is 0.105 e. The summed E-state index contributed by atoms with van der Waals surface area (Å²) in [5.41, 5.74) is 3.15. The number of rotatable bonds is 2. The number of benzene rings is 1. The van der Waals surface area contributed by atoms with Crippen molar-refractivity contribution in [1.82, 2.24) is 9.59 Å². The second-order valence-corrected chi connectivity index (χ2v) is 3.23. The van der Waals surface area contributed by atoms with Crippen LogP contribution in [0.15, 0.2) is 29.6 Å². The summed E-state index contributed by atoms with van der Waals surface area (Å²) in [6.45, 7) is 4.00. The quantitative estimate of drug-likeness (QED) is 0.845. The van der Waals surface area contributed by atoms with Crippen molar-refractivity contribution in [3.63, 3.8) is 0 Å². The second kappa shape index (κ2) is 6.14. The molecule has 1 heterocycles. The van der Waals surface area contributed by atoms with Gasteiger partial charge in [-0.1, -0.05) is 30.5 Å². The molecule has 0 saturated carbocycles. The lowest BCUT2D eigenvalue weighted by molar-refractivity contribution is 1.16. The zero-order valence-corrected chi connectivity index (χ0v) is 10.0. The highest BCUT2D eigenvalue weighted by Gasteiger charge is 1.99. The highest BCUT2D eigenvalue weighted by Crippen LogP contribution is 2.19. The van der Waals surface area contributed by atoms with Crippen molar-refractivity contribution >= 4 is 17.2 Å². The number of aromatic nitrogens is 2. The summed E-state index contributed by atoms with van der Waals surface area (Å²) >= 11 is 1.37. The average Bonchev–Trinajstić information content (AvgIpc) is 2.85. The Labute approximate surface area is 94.3 Å². The fourth-order valence-corrected chi connectivity index (χ4v) is 1.56. The maximum Gasteiger partial charge on any atom is 0.105 e. The number of nitrogens with one attached hydrogen (secondary N) is 1.